The first-order chi connectivity index (χ1) is 7.29. The molecule has 2 nitrogen and oxygen atoms in total. The van der Waals surface area contributed by atoms with Crippen LogP contribution in [0.2, 0.25) is 0 Å². The Morgan fingerprint density at radius 3 is 2.80 bits per heavy atom. The van der Waals surface area contributed by atoms with Crippen molar-refractivity contribution < 1.29 is 4.74 Å². The van der Waals surface area contributed by atoms with Gasteiger partial charge in [0.1, 0.15) is 5.75 Å². The largest absolute Gasteiger partial charge is 0.488 e. The van der Waals surface area contributed by atoms with Crippen LogP contribution in [-0.2, 0) is 5.88 Å². The second kappa shape index (κ2) is 4.84. The summed E-state index contributed by atoms with van der Waals surface area (Å²) >= 11 is 5.85. The second-order valence-electron chi connectivity index (χ2n) is 4.06. The number of nitrogens with zero attached hydrogens (tertiary/aromatic N) is 1. The van der Waals surface area contributed by atoms with E-state index in [2.05, 4.69) is 4.98 Å². The van der Waals surface area contributed by atoms with Crippen molar-refractivity contribution in [1.82, 2.24) is 4.98 Å². The van der Waals surface area contributed by atoms with Gasteiger partial charge in [-0.3, -0.25) is 4.98 Å². The predicted octanol–water partition coefficient (Wildman–Crippen LogP) is 3.45. The van der Waals surface area contributed by atoms with Gasteiger partial charge in [0.25, 0.3) is 0 Å². The topological polar surface area (TPSA) is 22.1 Å². The van der Waals surface area contributed by atoms with Crippen molar-refractivity contribution in [3.05, 3.63) is 23.5 Å². The van der Waals surface area contributed by atoms with E-state index >= 15 is 0 Å². The molecule has 3 heteroatoms. The zero-order chi connectivity index (χ0) is 10.7. The molecule has 0 spiro atoms. The van der Waals surface area contributed by atoms with Crippen molar-refractivity contribution in [2.45, 2.75) is 44.6 Å². The van der Waals surface area contributed by atoms with E-state index in [1.54, 1.807) is 0 Å². The number of halogens is 1. The molecule has 2 rings (SSSR count). The molecule has 1 aliphatic rings. The second-order valence-corrected chi connectivity index (χ2v) is 4.32. The monoisotopic (exact) mass is 225 g/mol. The molecule has 0 aromatic carbocycles. The number of aryl methyl sites for hydroxylation is 1. The number of aromatic nitrogens is 1. The minimum atomic E-state index is 0.372. The summed E-state index contributed by atoms with van der Waals surface area (Å²) in [5.74, 6) is 1.28. The van der Waals surface area contributed by atoms with E-state index in [1.165, 1.54) is 12.8 Å². The standard InChI is InChI=1S/C12H16ClNO/c1-9-6-7-12(11(8-13)14-9)15-10-4-2-3-5-10/h6-7,10H,2-5,8H2,1H3. The van der Waals surface area contributed by atoms with E-state index < -0.39 is 0 Å². The minimum Gasteiger partial charge on any atom is -0.488 e. The number of hydrogen-bond donors (Lipinski definition) is 0. The van der Waals surface area contributed by atoms with Crippen LogP contribution in [0.5, 0.6) is 5.75 Å². The van der Waals surface area contributed by atoms with Crippen LogP contribution < -0.4 is 4.74 Å². The fraction of sp³-hybridized carbons (Fsp3) is 0.583. The van der Waals surface area contributed by atoms with E-state index in [-0.39, 0.29) is 0 Å². The zero-order valence-electron chi connectivity index (χ0n) is 9.00. The molecule has 1 aromatic rings. The van der Waals surface area contributed by atoms with Crippen LogP contribution in [0.1, 0.15) is 37.1 Å². The number of pyridine rings is 1. The van der Waals surface area contributed by atoms with Crippen molar-refractivity contribution in [1.29, 1.82) is 0 Å². The van der Waals surface area contributed by atoms with Crippen LogP contribution in [-0.4, -0.2) is 11.1 Å². The minimum absolute atomic E-state index is 0.372. The van der Waals surface area contributed by atoms with E-state index in [0.29, 0.717) is 12.0 Å². The van der Waals surface area contributed by atoms with Crippen molar-refractivity contribution in [2.75, 3.05) is 0 Å². The third kappa shape index (κ3) is 2.63. The van der Waals surface area contributed by atoms with E-state index in [9.17, 15) is 0 Å². The van der Waals surface area contributed by atoms with Crippen molar-refractivity contribution >= 4 is 11.6 Å². The smallest absolute Gasteiger partial charge is 0.142 e. The van der Waals surface area contributed by atoms with E-state index in [0.717, 1.165) is 30.0 Å². The molecule has 1 fully saturated rings. The summed E-state index contributed by atoms with van der Waals surface area (Å²) in [7, 11) is 0. The Labute approximate surface area is 95.6 Å². The number of hydrogen-bond acceptors (Lipinski definition) is 2. The van der Waals surface area contributed by atoms with Crippen LogP contribution in [0.15, 0.2) is 12.1 Å². The molecular formula is C12H16ClNO. The Morgan fingerprint density at radius 2 is 2.13 bits per heavy atom. The van der Waals surface area contributed by atoms with Crippen molar-refractivity contribution in [3.63, 3.8) is 0 Å². The van der Waals surface area contributed by atoms with Gasteiger partial charge >= 0.3 is 0 Å². The average Bonchev–Trinajstić information content (AvgIpc) is 2.73. The normalized spacial score (nSPS) is 16.9. The van der Waals surface area contributed by atoms with Gasteiger partial charge in [-0.25, -0.2) is 0 Å². The van der Waals surface area contributed by atoms with Crippen LogP contribution in [0, 0.1) is 6.92 Å². The van der Waals surface area contributed by atoms with Crippen LogP contribution >= 0.6 is 11.6 Å². The Kier molecular flexibility index (Phi) is 3.47. The van der Waals surface area contributed by atoms with E-state index in [4.69, 9.17) is 16.3 Å². The first kappa shape index (κ1) is 10.7. The fourth-order valence-electron chi connectivity index (χ4n) is 1.99. The van der Waals surface area contributed by atoms with Gasteiger partial charge in [-0.05, 0) is 44.7 Å². The SMILES string of the molecule is Cc1ccc(OC2CCCC2)c(CCl)n1. The molecule has 1 saturated carbocycles. The lowest BCUT2D eigenvalue weighted by molar-refractivity contribution is 0.207. The van der Waals surface area contributed by atoms with Gasteiger partial charge in [0.2, 0.25) is 0 Å². The third-order valence-corrected chi connectivity index (χ3v) is 3.05. The molecule has 1 aliphatic carbocycles. The lowest BCUT2D eigenvalue weighted by Crippen LogP contribution is -2.12. The molecule has 0 saturated heterocycles. The fourth-order valence-corrected chi connectivity index (χ4v) is 2.18. The number of rotatable bonds is 3. The summed E-state index contributed by atoms with van der Waals surface area (Å²) in [6, 6.07) is 3.96. The molecule has 1 heterocycles. The van der Waals surface area contributed by atoms with Crippen molar-refractivity contribution in [2.24, 2.45) is 0 Å². The maximum atomic E-state index is 5.91. The maximum Gasteiger partial charge on any atom is 0.142 e. The molecule has 0 aliphatic heterocycles. The first-order valence-corrected chi connectivity index (χ1v) is 6.02. The van der Waals surface area contributed by atoms with E-state index in [1.807, 2.05) is 19.1 Å². The summed E-state index contributed by atoms with van der Waals surface area (Å²) in [5, 5.41) is 0. The van der Waals surface area contributed by atoms with Crippen LogP contribution in [0.4, 0.5) is 0 Å². The summed E-state index contributed by atoms with van der Waals surface area (Å²) in [6.45, 7) is 1.97. The highest BCUT2D eigenvalue weighted by molar-refractivity contribution is 6.17. The van der Waals surface area contributed by atoms with Gasteiger partial charge in [-0.15, -0.1) is 11.6 Å². The molecule has 82 valence electrons. The highest BCUT2D eigenvalue weighted by Crippen LogP contribution is 2.26. The van der Waals surface area contributed by atoms with Gasteiger partial charge < -0.3 is 4.74 Å². The van der Waals surface area contributed by atoms with Crippen molar-refractivity contribution in [3.8, 4) is 5.75 Å². The van der Waals surface area contributed by atoms with Crippen LogP contribution in [0.3, 0.4) is 0 Å². The molecule has 0 amide bonds. The average molecular weight is 226 g/mol. The van der Waals surface area contributed by atoms with Gasteiger partial charge in [-0.1, -0.05) is 0 Å². The molecule has 0 atom stereocenters. The Morgan fingerprint density at radius 1 is 1.40 bits per heavy atom. The van der Waals surface area contributed by atoms with Gasteiger partial charge in [0.05, 0.1) is 17.7 Å². The highest BCUT2D eigenvalue weighted by atomic mass is 35.5. The Balaban J connectivity index is 2.12. The van der Waals surface area contributed by atoms with Gasteiger partial charge in [0, 0.05) is 5.69 Å². The van der Waals surface area contributed by atoms with Gasteiger partial charge in [-0.2, -0.15) is 0 Å². The molecule has 0 radical (unpaired) electrons. The van der Waals surface area contributed by atoms with Gasteiger partial charge in [0.15, 0.2) is 0 Å². The lowest BCUT2D eigenvalue weighted by atomic mass is 10.2. The lowest BCUT2D eigenvalue weighted by Gasteiger charge is -2.15. The third-order valence-electron chi connectivity index (χ3n) is 2.79. The summed E-state index contributed by atoms with van der Waals surface area (Å²) in [4.78, 5) is 4.38. The summed E-state index contributed by atoms with van der Waals surface area (Å²) in [6.07, 6.45) is 5.25. The zero-order valence-corrected chi connectivity index (χ0v) is 9.76. The quantitative estimate of drug-likeness (QED) is 0.736. The summed E-state index contributed by atoms with van der Waals surface area (Å²) in [5.41, 5.74) is 1.85. The number of ether oxygens (including phenoxy) is 1. The molecular weight excluding hydrogens is 210 g/mol. The molecule has 0 unspecified atom stereocenters. The highest BCUT2D eigenvalue weighted by Gasteiger charge is 2.18. The number of alkyl halides is 1. The molecule has 1 aromatic heterocycles. The Hall–Kier alpha value is -0.760. The summed E-state index contributed by atoms with van der Waals surface area (Å²) < 4.78 is 5.91. The molecule has 0 bridgehead atoms. The Bertz CT molecular complexity index is 334. The molecule has 0 N–H and O–H groups in total. The maximum absolute atomic E-state index is 5.91. The molecule has 15 heavy (non-hydrogen) atoms. The van der Waals surface area contributed by atoms with Crippen LogP contribution in [0.25, 0.3) is 0 Å². The predicted molar refractivity (Wildman–Crippen MR) is 61.4 cm³/mol. The first-order valence-electron chi connectivity index (χ1n) is 5.49.